The second-order valence-electron chi connectivity index (χ2n) is 4.58. The van der Waals surface area contributed by atoms with Gasteiger partial charge in [-0.3, -0.25) is 0 Å². The monoisotopic (exact) mass is 253 g/mol. The maximum atomic E-state index is 13.2. The van der Waals surface area contributed by atoms with E-state index >= 15 is 0 Å². The third-order valence-electron chi connectivity index (χ3n) is 2.97. The van der Waals surface area contributed by atoms with Crippen molar-refractivity contribution in [1.82, 2.24) is 0 Å². The quantitative estimate of drug-likeness (QED) is 0.817. The van der Waals surface area contributed by atoms with Crippen molar-refractivity contribution >= 4 is 11.7 Å². The average molecular weight is 253 g/mol. The van der Waals surface area contributed by atoms with Crippen LogP contribution in [0.25, 0.3) is 0 Å². The van der Waals surface area contributed by atoms with Gasteiger partial charge in [0.15, 0.2) is 0 Å². The van der Waals surface area contributed by atoms with Crippen LogP contribution >= 0.6 is 0 Å². The van der Waals surface area contributed by atoms with Gasteiger partial charge in [-0.15, -0.1) is 0 Å². The van der Waals surface area contributed by atoms with E-state index in [2.05, 4.69) is 30.8 Å². The summed E-state index contributed by atoms with van der Waals surface area (Å²) in [6.07, 6.45) is 0.926. The maximum absolute atomic E-state index is 13.2. The van der Waals surface area contributed by atoms with Crippen LogP contribution in [0.3, 0.4) is 0 Å². The summed E-state index contributed by atoms with van der Waals surface area (Å²) in [5.41, 5.74) is 0.848. The molecule has 0 bridgehead atoms. The molecule has 18 heavy (non-hydrogen) atoms. The molecule has 0 saturated carbocycles. The molecule has 0 saturated heterocycles. The lowest BCUT2D eigenvalue weighted by Crippen LogP contribution is -2.25. The number of nitrogens with one attached hydrogen (secondary N) is 1. The molecule has 3 nitrogen and oxygen atoms in total. The zero-order valence-corrected chi connectivity index (χ0v) is 11.3. The van der Waals surface area contributed by atoms with Crippen molar-refractivity contribution in [2.24, 2.45) is 5.92 Å². The van der Waals surface area contributed by atoms with Gasteiger partial charge in [0.2, 0.25) is 0 Å². The zero-order valence-electron chi connectivity index (χ0n) is 11.3. The fraction of sp³-hybridized carbons (Fsp3) is 0.500. The number of esters is 1. The summed E-state index contributed by atoms with van der Waals surface area (Å²) in [5.74, 6) is -0.556. The predicted octanol–water partition coefficient (Wildman–Crippen LogP) is 3.46. The van der Waals surface area contributed by atoms with Crippen LogP contribution in [-0.2, 0) is 4.74 Å². The normalized spacial score (nSPS) is 12.3. The maximum Gasteiger partial charge on any atom is 0.340 e. The number of halogens is 1. The molecule has 1 aromatic carbocycles. The zero-order chi connectivity index (χ0) is 13.7. The number of anilines is 1. The van der Waals surface area contributed by atoms with Crippen molar-refractivity contribution in [2.75, 3.05) is 12.4 Å². The van der Waals surface area contributed by atoms with Gasteiger partial charge in [-0.25, -0.2) is 9.18 Å². The average Bonchev–Trinajstić information content (AvgIpc) is 2.35. The highest BCUT2D eigenvalue weighted by Gasteiger charge is 2.17. The Balaban J connectivity index is 3.04. The smallest absolute Gasteiger partial charge is 0.340 e. The Labute approximate surface area is 107 Å². The Bertz CT molecular complexity index is 418. The molecule has 0 radical (unpaired) electrons. The molecule has 0 spiro atoms. The summed E-state index contributed by atoms with van der Waals surface area (Å²) < 4.78 is 17.8. The largest absolute Gasteiger partial charge is 0.465 e. The van der Waals surface area contributed by atoms with E-state index in [0.717, 1.165) is 6.42 Å². The Morgan fingerprint density at radius 2 is 2.11 bits per heavy atom. The molecule has 0 aromatic heterocycles. The predicted molar refractivity (Wildman–Crippen MR) is 70.3 cm³/mol. The first-order chi connectivity index (χ1) is 8.49. The summed E-state index contributed by atoms with van der Waals surface area (Å²) in [6.45, 7) is 6.27. The van der Waals surface area contributed by atoms with Gasteiger partial charge in [-0.2, -0.15) is 0 Å². The number of hydrogen-bond acceptors (Lipinski definition) is 3. The number of rotatable bonds is 5. The molecule has 1 aromatic rings. The molecule has 100 valence electrons. The van der Waals surface area contributed by atoms with Crippen molar-refractivity contribution < 1.29 is 13.9 Å². The molecule has 0 heterocycles. The molecule has 1 unspecified atom stereocenters. The standard InChI is InChI=1S/C14H20FNO2/c1-5-12(9(2)3)16-13-7-6-10(15)8-11(13)14(17)18-4/h6-9,12,16H,5H2,1-4H3. The van der Waals surface area contributed by atoms with Crippen molar-refractivity contribution in [1.29, 1.82) is 0 Å². The first-order valence-electron chi connectivity index (χ1n) is 6.14. The van der Waals surface area contributed by atoms with Gasteiger partial charge in [0.1, 0.15) is 5.82 Å². The van der Waals surface area contributed by atoms with E-state index in [1.165, 1.54) is 19.2 Å². The third kappa shape index (κ3) is 3.45. The fourth-order valence-corrected chi connectivity index (χ4v) is 1.86. The van der Waals surface area contributed by atoms with Crippen LogP contribution in [0.15, 0.2) is 18.2 Å². The van der Waals surface area contributed by atoms with E-state index < -0.39 is 11.8 Å². The van der Waals surface area contributed by atoms with Gasteiger partial charge in [0.25, 0.3) is 0 Å². The number of carbonyl (C=O) groups excluding carboxylic acids is 1. The summed E-state index contributed by atoms with van der Waals surface area (Å²) in [7, 11) is 1.29. The lowest BCUT2D eigenvalue weighted by atomic mass is 10.0. The summed E-state index contributed by atoms with van der Waals surface area (Å²) >= 11 is 0. The summed E-state index contributed by atoms with van der Waals surface area (Å²) in [6, 6.07) is 4.34. The van der Waals surface area contributed by atoms with E-state index in [1.807, 2.05) is 0 Å². The molecular formula is C14H20FNO2. The number of ether oxygens (including phenoxy) is 1. The van der Waals surface area contributed by atoms with Crippen LogP contribution < -0.4 is 5.32 Å². The Kier molecular flexibility index (Phi) is 5.13. The fourth-order valence-electron chi connectivity index (χ4n) is 1.86. The van der Waals surface area contributed by atoms with Crippen molar-refractivity contribution in [3.8, 4) is 0 Å². The SMILES string of the molecule is CCC(Nc1ccc(F)cc1C(=O)OC)C(C)C. The number of methoxy groups -OCH3 is 1. The van der Waals surface area contributed by atoms with E-state index in [4.69, 9.17) is 0 Å². The highest BCUT2D eigenvalue weighted by atomic mass is 19.1. The van der Waals surface area contributed by atoms with Crippen molar-refractivity contribution in [3.05, 3.63) is 29.6 Å². The van der Waals surface area contributed by atoms with Gasteiger partial charge >= 0.3 is 5.97 Å². The van der Waals surface area contributed by atoms with Crippen molar-refractivity contribution in [3.63, 3.8) is 0 Å². The second kappa shape index (κ2) is 6.38. The minimum atomic E-state index is -0.532. The summed E-state index contributed by atoms with van der Waals surface area (Å²) in [4.78, 5) is 11.6. The molecule has 0 aliphatic heterocycles. The van der Waals surface area contributed by atoms with Crippen molar-refractivity contribution in [2.45, 2.75) is 33.2 Å². The van der Waals surface area contributed by atoms with E-state index in [0.29, 0.717) is 11.6 Å². The Hall–Kier alpha value is -1.58. The minimum absolute atomic E-state index is 0.233. The topological polar surface area (TPSA) is 38.3 Å². The van der Waals surface area contributed by atoms with Crippen LogP contribution in [0.2, 0.25) is 0 Å². The molecule has 0 amide bonds. The highest BCUT2D eigenvalue weighted by Crippen LogP contribution is 2.21. The first-order valence-corrected chi connectivity index (χ1v) is 6.14. The van der Waals surface area contributed by atoms with Gasteiger partial charge in [-0.05, 0) is 30.5 Å². The molecule has 0 fully saturated rings. The Morgan fingerprint density at radius 3 is 2.61 bits per heavy atom. The van der Waals surface area contributed by atoms with Crippen LogP contribution in [0.5, 0.6) is 0 Å². The van der Waals surface area contributed by atoms with Gasteiger partial charge < -0.3 is 10.1 Å². The summed E-state index contributed by atoms with van der Waals surface area (Å²) in [5, 5.41) is 3.27. The lowest BCUT2D eigenvalue weighted by Gasteiger charge is -2.23. The van der Waals surface area contributed by atoms with Crippen LogP contribution in [0.1, 0.15) is 37.6 Å². The third-order valence-corrected chi connectivity index (χ3v) is 2.97. The number of carbonyl (C=O) groups is 1. The van der Waals surface area contributed by atoms with Crippen LogP contribution in [-0.4, -0.2) is 19.1 Å². The first kappa shape index (κ1) is 14.5. The van der Waals surface area contributed by atoms with Crippen LogP contribution in [0.4, 0.5) is 10.1 Å². The second-order valence-corrected chi connectivity index (χ2v) is 4.58. The van der Waals surface area contributed by atoms with Gasteiger partial charge in [0.05, 0.1) is 12.7 Å². The minimum Gasteiger partial charge on any atom is -0.465 e. The Morgan fingerprint density at radius 1 is 1.44 bits per heavy atom. The molecular weight excluding hydrogens is 233 g/mol. The van der Waals surface area contributed by atoms with E-state index in [-0.39, 0.29) is 11.6 Å². The number of benzene rings is 1. The molecule has 4 heteroatoms. The van der Waals surface area contributed by atoms with E-state index in [9.17, 15) is 9.18 Å². The molecule has 1 rings (SSSR count). The highest BCUT2D eigenvalue weighted by molar-refractivity contribution is 5.95. The molecule has 1 atom stereocenters. The molecule has 0 aliphatic rings. The molecule has 0 aliphatic carbocycles. The molecule has 1 N–H and O–H groups in total. The van der Waals surface area contributed by atoms with E-state index in [1.54, 1.807) is 6.07 Å². The van der Waals surface area contributed by atoms with Crippen LogP contribution in [0, 0.1) is 11.7 Å². The number of hydrogen-bond donors (Lipinski definition) is 1. The van der Waals surface area contributed by atoms with Gasteiger partial charge in [0, 0.05) is 11.7 Å². The lowest BCUT2D eigenvalue weighted by molar-refractivity contribution is 0.0601. The van der Waals surface area contributed by atoms with Gasteiger partial charge in [-0.1, -0.05) is 20.8 Å².